The van der Waals surface area contributed by atoms with Crippen LogP contribution >= 0.6 is 0 Å². The Hall–Kier alpha value is 0.354. The van der Waals surface area contributed by atoms with Crippen LogP contribution in [0.2, 0.25) is 4.66 Å². The molecule has 88 valence electrons. The molecule has 0 N–H and O–H groups in total. The Morgan fingerprint density at radius 2 is 1.00 bits per heavy atom. The van der Waals surface area contributed by atoms with Gasteiger partial charge in [0.15, 0.2) is 0 Å². The molecule has 0 saturated carbocycles. The van der Waals surface area contributed by atoms with Gasteiger partial charge < -0.3 is 9.13 Å². The van der Waals surface area contributed by atoms with Crippen molar-refractivity contribution in [3.63, 3.8) is 0 Å². The SMILES string of the molecule is CCN(CC)[Si]C(C)(C)[Si]N(CC)CC. The van der Waals surface area contributed by atoms with Crippen molar-refractivity contribution in [2.75, 3.05) is 26.2 Å². The number of rotatable bonds is 8. The molecule has 0 aliphatic carbocycles. The van der Waals surface area contributed by atoms with Crippen molar-refractivity contribution in [1.82, 2.24) is 9.13 Å². The van der Waals surface area contributed by atoms with Crippen LogP contribution in [0, 0.1) is 0 Å². The zero-order valence-electron chi connectivity index (χ0n) is 11.2. The van der Waals surface area contributed by atoms with Gasteiger partial charge in [-0.15, -0.1) is 0 Å². The molecule has 4 heteroatoms. The number of hydrogen-bond acceptors (Lipinski definition) is 2. The highest BCUT2D eigenvalue weighted by Gasteiger charge is 2.25. The molecule has 0 amide bonds. The van der Waals surface area contributed by atoms with E-state index in [2.05, 4.69) is 50.7 Å². The molecule has 0 aromatic carbocycles. The fourth-order valence-electron chi connectivity index (χ4n) is 1.58. The molecule has 0 saturated heterocycles. The van der Waals surface area contributed by atoms with E-state index >= 15 is 0 Å². The van der Waals surface area contributed by atoms with E-state index in [0.717, 1.165) is 19.4 Å². The quantitative estimate of drug-likeness (QED) is 0.601. The van der Waals surface area contributed by atoms with E-state index < -0.39 is 0 Å². The average molecular weight is 243 g/mol. The summed E-state index contributed by atoms with van der Waals surface area (Å²) in [5.41, 5.74) is 0. The molecule has 0 aliphatic rings. The van der Waals surface area contributed by atoms with Gasteiger partial charge in [0.1, 0.15) is 19.4 Å². The van der Waals surface area contributed by atoms with E-state index in [9.17, 15) is 0 Å². The zero-order valence-corrected chi connectivity index (χ0v) is 13.2. The van der Waals surface area contributed by atoms with E-state index in [1.54, 1.807) is 0 Å². The summed E-state index contributed by atoms with van der Waals surface area (Å²) < 4.78 is 5.56. The van der Waals surface area contributed by atoms with Crippen LogP contribution in [0.1, 0.15) is 41.5 Å². The van der Waals surface area contributed by atoms with Crippen molar-refractivity contribution in [3.05, 3.63) is 0 Å². The molecule has 0 heterocycles. The van der Waals surface area contributed by atoms with Gasteiger partial charge in [0.2, 0.25) is 0 Å². The predicted octanol–water partition coefficient (Wildman–Crippen LogP) is 2.06. The first-order valence-corrected chi connectivity index (χ1v) is 7.93. The maximum Gasteiger partial charge on any atom is 0.146 e. The molecule has 4 radical (unpaired) electrons. The summed E-state index contributed by atoms with van der Waals surface area (Å²) in [6.45, 7) is 18.6. The Morgan fingerprint density at radius 1 is 0.733 bits per heavy atom. The Morgan fingerprint density at radius 3 is 1.20 bits per heavy atom. The van der Waals surface area contributed by atoms with Crippen LogP contribution in [0.4, 0.5) is 0 Å². The maximum atomic E-state index is 2.55. The van der Waals surface area contributed by atoms with Gasteiger partial charge in [-0.25, -0.2) is 0 Å². The molecule has 0 bridgehead atoms. The Balaban J connectivity index is 4.14. The van der Waals surface area contributed by atoms with Gasteiger partial charge in [-0.2, -0.15) is 0 Å². The van der Waals surface area contributed by atoms with Crippen LogP contribution in [0.5, 0.6) is 0 Å². The summed E-state index contributed by atoms with van der Waals surface area (Å²) in [5, 5.41) is 0. The molecule has 0 aliphatic heterocycles. The molecular formula is C11H26N2Si2. The lowest BCUT2D eigenvalue weighted by molar-refractivity contribution is 0.461. The van der Waals surface area contributed by atoms with Crippen LogP contribution in [0.15, 0.2) is 0 Å². The van der Waals surface area contributed by atoms with E-state index in [-0.39, 0.29) is 0 Å². The third-order valence-electron chi connectivity index (χ3n) is 2.40. The van der Waals surface area contributed by atoms with Crippen molar-refractivity contribution in [2.24, 2.45) is 0 Å². The minimum absolute atomic E-state index is 0.456. The summed E-state index contributed by atoms with van der Waals surface area (Å²) in [4.78, 5) is 0. The smallest absolute Gasteiger partial charge is 0.146 e. The lowest BCUT2D eigenvalue weighted by Gasteiger charge is -2.33. The van der Waals surface area contributed by atoms with Crippen molar-refractivity contribution < 1.29 is 0 Å². The molecule has 0 fully saturated rings. The van der Waals surface area contributed by atoms with Gasteiger partial charge >= 0.3 is 0 Å². The van der Waals surface area contributed by atoms with E-state index in [1.165, 1.54) is 26.2 Å². The highest BCUT2D eigenvalue weighted by Crippen LogP contribution is 2.22. The molecule has 2 nitrogen and oxygen atoms in total. The molecule has 0 unspecified atom stereocenters. The van der Waals surface area contributed by atoms with E-state index in [4.69, 9.17) is 0 Å². The summed E-state index contributed by atoms with van der Waals surface area (Å²) in [6.07, 6.45) is 0. The van der Waals surface area contributed by atoms with Crippen LogP contribution in [-0.4, -0.2) is 54.7 Å². The monoisotopic (exact) mass is 242 g/mol. The minimum atomic E-state index is 0.456. The second-order valence-corrected chi connectivity index (χ2v) is 8.91. The van der Waals surface area contributed by atoms with Gasteiger partial charge in [-0.05, 0) is 30.8 Å². The second kappa shape index (κ2) is 7.60. The highest BCUT2D eigenvalue weighted by molar-refractivity contribution is 6.58. The standard InChI is InChI=1S/C11H26N2Si2/c1-7-12(8-2)14-11(5,6)15-13(9-3)10-4/h7-10H2,1-6H3. The topological polar surface area (TPSA) is 6.48 Å². The summed E-state index contributed by atoms with van der Waals surface area (Å²) in [5.74, 6) is 0. The Kier molecular flexibility index (Phi) is 7.78. The first kappa shape index (κ1) is 15.4. The third kappa shape index (κ3) is 6.50. The fraction of sp³-hybridized carbons (Fsp3) is 1.00. The van der Waals surface area contributed by atoms with Crippen molar-refractivity contribution in [2.45, 2.75) is 46.2 Å². The first-order chi connectivity index (χ1) is 6.99. The van der Waals surface area contributed by atoms with Crippen molar-refractivity contribution in [1.29, 1.82) is 0 Å². The molecule has 0 spiro atoms. The summed E-state index contributed by atoms with van der Waals surface area (Å²) in [6, 6.07) is 0. The highest BCUT2D eigenvalue weighted by atomic mass is 28.3. The molecule has 0 rings (SSSR count). The lowest BCUT2D eigenvalue weighted by Crippen LogP contribution is -2.43. The van der Waals surface area contributed by atoms with Crippen LogP contribution < -0.4 is 0 Å². The van der Waals surface area contributed by atoms with Crippen molar-refractivity contribution in [3.8, 4) is 0 Å². The van der Waals surface area contributed by atoms with E-state index in [0.29, 0.717) is 4.66 Å². The average Bonchev–Trinajstić information content (AvgIpc) is 2.22. The lowest BCUT2D eigenvalue weighted by atomic mass is 10.5. The summed E-state index contributed by atoms with van der Waals surface area (Å²) in [7, 11) is 1.91. The number of hydrogen-bond donors (Lipinski definition) is 0. The van der Waals surface area contributed by atoms with Crippen LogP contribution in [0.25, 0.3) is 0 Å². The van der Waals surface area contributed by atoms with Crippen LogP contribution in [-0.2, 0) is 0 Å². The minimum Gasteiger partial charge on any atom is -0.326 e. The van der Waals surface area contributed by atoms with Gasteiger partial charge in [-0.1, -0.05) is 41.5 Å². The maximum absolute atomic E-state index is 2.55. The second-order valence-electron chi connectivity index (χ2n) is 4.19. The van der Waals surface area contributed by atoms with Gasteiger partial charge in [0, 0.05) is 0 Å². The van der Waals surface area contributed by atoms with Gasteiger partial charge in [0.25, 0.3) is 0 Å². The molecule has 15 heavy (non-hydrogen) atoms. The largest absolute Gasteiger partial charge is 0.326 e. The Bertz CT molecular complexity index is 139. The first-order valence-electron chi connectivity index (χ1n) is 6.04. The molecule has 0 aromatic rings. The predicted molar refractivity (Wildman–Crippen MR) is 71.4 cm³/mol. The zero-order chi connectivity index (χ0) is 11.9. The molecule has 0 aromatic heterocycles. The van der Waals surface area contributed by atoms with Crippen LogP contribution in [0.3, 0.4) is 0 Å². The Labute approximate surface area is 101 Å². The molecular weight excluding hydrogens is 216 g/mol. The van der Waals surface area contributed by atoms with Crippen molar-refractivity contribution >= 4 is 19.4 Å². The third-order valence-corrected chi connectivity index (χ3v) is 6.09. The van der Waals surface area contributed by atoms with Gasteiger partial charge in [-0.3, -0.25) is 0 Å². The molecule has 0 atom stereocenters. The normalized spacial score (nSPS) is 12.8. The fourth-order valence-corrected chi connectivity index (χ4v) is 4.94. The summed E-state index contributed by atoms with van der Waals surface area (Å²) >= 11 is 0. The van der Waals surface area contributed by atoms with Gasteiger partial charge in [0.05, 0.1) is 0 Å². The van der Waals surface area contributed by atoms with E-state index in [1.807, 2.05) is 0 Å². The number of nitrogens with zero attached hydrogens (tertiary/aromatic N) is 2.